The van der Waals surface area contributed by atoms with Crippen LogP contribution in [0.5, 0.6) is 11.5 Å². The van der Waals surface area contributed by atoms with Crippen LogP contribution in [0.1, 0.15) is 12.6 Å². The Labute approximate surface area is 163 Å². The third kappa shape index (κ3) is 3.48. The number of pyridine rings is 1. The van der Waals surface area contributed by atoms with E-state index in [1.807, 2.05) is 44.2 Å². The number of hydrogen-bond donors (Lipinski definition) is 2. The molecule has 4 rings (SSSR count). The predicted molar refractivity (Wildman–Crippen MR) is 111 cm³/mol. The summed E-state index contributed by atoms with van der Waals surface area (Å²) in [6.07, 6.45) is 1.59. The maximum absolute atomic E-state index is 5.63. The fourth-order valence-corrected chi connectivity index (χ4v) is 3.16. The van der Waals surface area contributed by atoms with Gasteiger partial charge in [0.1, 0.15) is 23.3 Å². The summed E-state index contributed by atoms with van der Waals surface area (Å²) < 4.78 is 11.1. The Bertz CT molecular complexity index is 1090. The number of nitrogens with zero attached hydrogens (tertiary/aromatic N) is 2. The third-order valence-corrected chi connectivity index (χ3v) is 4.25. The summed E-state index contributed by atoms with van der Waals surface area (Å²) in [5, 5.41) is 4.49. The van der Waals surface area contributed by atoms with Crippen molar-refractivity contribution in [3.8, 4) is 11.5 Å². The minimum absolute atomic E-state index is 0. The minimum atomic E-state index is 0. The Kier molecular flexibility index (Phi) is 5.37. The Morgan fingerprint density at radius 3 is 2.70 bits per heavy atom. The van der Waals surface area contributed by atoms with Gasteiger partial charge >= 0.3 is 0 Å². The second kappa shape index (κ2) is 7.72. The number of methoxy groups -OCH3 is 1. The summed E-state index contributed by atoms with van der Waals surface area (Å²) >= 11 is 0. The van der Waals surface area contributed by atoms with Crippen LogP contribution in [0.15, 0.2) is 42.7 Å². The molecule has 0 aliphatic carbocycles. The SMILES string of the molecule is CCOc1ccc(OC)c(Nc2cc(C)[nH]c3ccc4ncnc4c23)c1.Cl. The standard InChI is InChI=1S/C20H20N4O2.ClH/c1-4-26-13-5-8-18(25-3)16(10-13)24-17-9-12(2)23-14-6-7-15-20(19(14)17)22-11-21-15;/h5-11,23-24H,4H2,1-3H3;1H. The number of benzene rings is 2. The number of nitrogens with one attached hydrogen (secondary N) is 2. The average Bonchev–Trinajstić information content (AvgIpc) is 3.10. The second-order valence-electron chi connectivity index (χ2n) is 6.02. The first kappa shape index (κ1) is 18.8. The molecule has 7 heteroatoms. The minimum Gasteiger partial charge on any atom is -0.495 e. The van der Waals surface area contributed by atoms with Crippen LogP contribution in [-0.2, 0) is 0 Å². The van der Waals surface area contributed by atoms with Crippen molar-refractivity contribution in [3.63, 3.8) is 0 Å². The van der Waals surface area contributed by atoms with Crippen LogP contribution in [0.3, 0.4) is 0 Å². The fourth-order valence-electron chi connectivity index (χ4n) is 3.16. The highest BCUT2D eigenvalue weighted by molar-refractivity contribution is 6.10. The van der Waals surface area contributed by atoms with Gasteiger partial charge in [-0.25, -0.2) is 9.97 Å². The number of aryl methyl sites for hydroxylation is 1. The highest BCUT2D eigenvalue weighted by atomic mass is 35.5. The molecule has 4 aromatic rings. The van der Waals surface area contributed by atoms with Crippen LogP contribution in [-0.4, -0.2) is 28.7 Å². The lowest BCUT2D eigenvalue weighted by molar-refractivity contribution is 0.339. The molecule has 0 aliphatic heterocycles. The second-order valence-corrected chi connectivity index (χ2v) is 6.02. The van der Waals surface area contributed by atoms with E-state index in [1.54, 1.807) is 13.4 Å². The number of fused-ring (bicyclic) bond motifs is 3. The van der Waals surface area contributed by atoms with E-state index < -0.39 is 0 Å². The highest BCUT2D eigenvalue weighted by Crippen LogP contribution is 2.36. The molecule has 0 bridgehead atoms. The van der Waals surface area contributed by atoms with Gasteiger partial charge in [-0.15, -0.1) is 12.4 Å². The molecule has 0 radical (unpaired) electrons. The van der Waals surface area contributed by atoms with Crippen molar-refractivity contribution in [2.24, 2.45) is 0 Å². The molecule has 2 aromatic carbocycles. The van der Waals surface area contributed by atoms with Gasteiger partial charge < -0.3 is 19.8 Å². The molecule has 0 unspecified atom stereocenters. The van der Waals surface area contributed by atoms with Gasteiger partial charge in [0.15, 0.2) is 0 Å². The van der Waals surface area contributed by atoms with E-state index in [0.717, 1.165) is 50.5 Å². The number of imidazole rings is 1. The first-order chi connectivity index (χ1) is 12.7. The van der Waals surface area contributed by atoms with Gasteiger partial charge in [0, 0.05) is 22.7 Å². The van der Waals surface area contributed by atoms with Crippen molar-refractivity contribution in [2.75, 3.05) is 19.0 Å². The molecule has 2 heterocycles. The number of halogens is 1. The quantitative estimate of drug-likeness (QED) is 0.507. The zero-order valence-electron chi connectivity index (χ0n) is 15.4. The topological polar surface area (TPSA) is 72.1 Å². The number of H-pyrrole nitrogens is 1. The van der Waals surface area contributed by atoms with Crippen LogP contribution in [0.2, 0.25) is 0 Å². The Morgan fingerprint density at radius 2 is 1.93 bits per heavy atom. The van der Waals surface area contributed by atoms with Crippen LogP contribution < -0.4 is 14.8 Å². The molecule has 0 aliphatic rings. The summed E-state index contributed by atoms with van der Waals surface area (Å²) in [6, 6.07) is 11.8. The summed E-state index contributed by atoms with van der Waals surface area (Å²) in [6.45, 7) is 4.60. The van der Waals surface area contributed by atoms with Crippen molar-refractivity contribution in [3.05, 3.63) is 48.4 Å². The van der Waals surface area contributed by atoms with E-state index in [-0.39, 0.29) is 12.4 Å². The van der Waals surface area contributed by atoms with Crippen molar-refractivity contribution in [1.29, 1.82) is 0 Å². The lowest BCUT2D eigenvalue weighted by atomic mass is 10.1. The van der Waals surface area contributed by atoms with Crippen molar-refractivity contribution in [2.45, 2.75) is 13.8 Å². The zero-order chi connectivity index (χ0) is 18.1. The number of ether oxygens (including phenoxy) is 2. The molecule has 0 saturated carbocycles. The summed E-state index contributed by atoms with van der Waals surface area (Å²) in [4.78, 5) is 12.1. The van der Waals surface area contributed by atoms with Gasteiger partial charge in [0.2, 0.25) is 0 Å². The van der Waals surface area contributed by atoms with E-state index in [9.17, 15) is 0 Å². The fraction of sp³-hybridized carbons (Fsp3) is 0.200. The maximum atomic E-state index is 5.63. The summed E-state index contributed by atoms with van der Waals surface area (Å²) in [5.74, 6) is 1.53. The molecule has 140 valence electrons. The molecule has 0 saturated heterocycles. The maximum Gasteiger partial charge on any atom is 0.142 e. The molecule has 2 N–H and O–H groups in total. The smallest absolute Gasteiger partial charge is 0.142 e. The lowest BCUT2D eigenvalue weighted by Gasteiger charge is -2.16. The first-order valence-electron chi connectivity index (χ1n) is 8.50. The normalized spacial score (nSPS) is 10.6. The molecule has 2 aromatic heterocycles. The van der Waals surface area contributed by atoms with E-state index >= 15 is 0 Å². The zero-order valence-corrected chi connectivity index (χ0v) is 16.2. The van der Waals surface area contributed by atoms with E-state index in [1.165, 1.54) is 0 Å². The number of aromatic nitrogens is 3. The summed E-state index contributed by atoms with van der Waals surface area (Å²) in [5.41, 5.74) is 5.55. The first-order valence-corrected chi connectivity index (χ1v) is 8.50. The van der Waals surface area contributed by atoms with Gasteiger partial charge in [-0.2, -0.15) is 0 Å². The number of rotatable bonds is 5. The van der Waals surface area contributed by atoms with Crippen molar-refractivity contribution in [1.82, 2.24) is 15.0 Å². The highest BCUT2D eigenvalue weighted by Gasteiger charge is 2.13. The molecule has 27 heavy (non-hydrogen) atoms. The molecule has 0 atom stereocenters. The molecule has 0 spiro atoms. The van der Waals surface area contributed by atoms with Gasteiger partial charge in [0.25, 0.3) is 0 Å². The Hall–Kier alpha value is -2.99. The van der Waals surface area contributed by atoms with Crippen LogP contribution in [0.25, 0.3) is 21.9 Å². The summed E-state index contributed by atoms with van der Waals surface area (Å²) in [7, 11) is 1.66. The predicted octanol–water partition coefficient (Wildman–Crippen LogP) is 4.99. The van der Waals surface area contributed by atoms with Crippen LogP contribution >= 0.6 is 12.4 Å². The van der Waals surface area contributed by atoms with Gasteiger partial charge in [-0.3, -0.25) is 0 Å². The number of aromatic amines is 1. The van der Waals surface area contributed by atoms with Gasteiger partial charge in [-0.1, -0.05) is 0 Å². The third-order valence-electron chi connectivity index (χ3n) is 4.25. The Balaban J connectivity index is 0.00000210. The number of anilines is 2. The molecular formula is C20H21ClN4O2. The average molecular weight is 385 g/mol. The molecular weight excluding hydrogens is 364 g/mol. The van der Waals surface area contributed by atoms with Crippen LogP contribution in [0.4, 0.5) is 11.4 Å². The van der Waals surface area contributed by atoms with Gasteiger partial charge in [0.05, 0.1) is 30.6 Å². The Morgan fingerprint density at radius 1 is 1.07 bits per heavy atom. The molecule has 0 amide bonds. The molecule has 0 fully saturated rings. The van der Waals surface area contributed by atoms with Crippen molar-refractivity contribution >= 4 is 45.7 Å². The van der Waals surface area contributed by atoms with E-state index in [0.29, 0.717) is 6.61 Å². The number of hydrogen-bond acceptors (Lipinski definition) is 5. The monoisotopic (exact) mass is 384 g/mol. The van der Waals surface area contributed by atoms with E-state index in [2.05, 4.69) is 26.3 Å². The molecule has 6 nitrogen and oxygen atoms in total. The van der Waals surface area contributed by atoms with Crippen LogP contribution in [0, 0.1) is 6.92 Å². The van der Waals surface area contributed by atoms with Crippen molar-refractivity contribution < 1.29 is 9.47 Å². The van der Waals surface area contributed by atoms with Gasteiger partial charge in [-0.05, 0) is 44.2 Å². The largest absolute Gasteiger partial charge is 0.495 e. The van der Waals surface area contributed by atoms with E-state index in [4.69, 9.17) is 9.47 Å². The lowest BCUT2D eigenvalue weighted by Crippen LogP contribution is -1.99.